The minimum absolute atomic E-state index is 0.0240. The number of hydrogen-bond acceptors (Lipinski definition) is 5. The third-order valence-electron chi connectivity index (χ3n) is 3.69. The lowest BCUT2D eigenvalue weighted by Crippen LogP contribution is -2.45. The molecule has 0 unspecified atom stereocenters. The summed E-state index contributed by atoms with van der Waals surface area (Å²) in [6, 6.07) is 13.1. The lowest BCUT2D eigenvalue weighted by molar-refractivity contribution is -0.384. The zero-order valence-electron chi connectivity index (χ0n) is 15.5. The number of nitro groups is 1. The molecule has 0 heterocycles. The van der Waals surface area contributed by atoms with Crippen LogP contribution in [0.5, 0.6) is 5.75 Å². The van der Waals surface area contributed by atoms with E-state index < -0.39 is 16.6 Å². The number of nitro benzene ring substituents is 1. The van der Waals surface area contributed by atoms with Crippen LogP contribution in [-0.4, -0.2) is 34.8 Å². The summed E-state index contributed by atoms with van der Waals surface area (Å²) in [6.45, 7) is 6.23. The molecular formula is C19H23N3O5. The molecule has 0 aromatic heterocycles. The van der Waals surface area contributed by atoms with E-state index in [2.05, 4.69) is 5.32 Å². The highest BCUT2D eigenvalue weighted by atomic mass is 16.6. The fourth-order valence-corrected chi connectivity index (χ4v) is 2.59. The second-order valence-electron chi connectivity index (χ2n) is 6.87. The van der Waals surface area contributed by atoms with Crippen LogP contribution in [0.25, 0.3) is 0 Å². The van der Waals surface area contributed by atoms with Crippen LogP contribution in [0.4, 0.5) is 21.9 Å². The Kier molecular flexibility index (Phi) is 6.23. The van der Waals surface area contributed by atoms with Crippen molar-refractivity contribution in [3.63, 3.8) is 0 Å². The highest BCUT2D eigenvalue weighted by molar-refractivity contribution is 5.88. The minimum atomic E-state index is -1.02. The molecule has 2 rings (SSSR count). The number of non-ortho nitro benzene ring substituents is 1. The molecule has 0 saturated carbocycles. The van der Waals surface area contributed by atoms with Gasteiger partial charge in [-0.05, 0) is 45.0 Å². The Bertz CT molecular complexity index is 817. The van der Waals surface area contributed by atoms with Gasteiger partial charge in [0, 0.05) is 29.5 Å². The summed E-state index contributed by atoms with van der Waals surface area (Å²) >= 11 is 0. The molecule has 0 aliphatic carbocycles. The molecule has 144 valence electrons. The maximum absolute atomic E-state index is 11.6. The third-order valence-corrected chi connectivity index (χ3v) is 3.69. The predicted octanol–water partition coefficient (Wildman–Crippen LogP) is 4.37. The Labute approximate surface area is 157 Å². The number of anilines is 2. The van der Waals surface area contributed by atoms with Crippen LogP contribution in [0.15, 0.2) is 48.5 Å². The van der Waals surface area contributed by atoms with Crippen LogP contribution < -0.4 is 15.0 Å². The number of carbonyl (C=O) groups is 1. The molecular weight excluding hydrogens is 350 g/mol. The molecule has 8 heteroatoms. The van der Waals surface area contributed by atoms with E-state index in [-0.39, 0.29) is 5.69 Å². The van der Waals surface area contributed by atoms with Crippen LogP contribution in [0.3, 0.4) is 0 Å². The van der Waals surface area contributed by atoms with Crippen molar-refractivity contribution in [1.29, 1.82) is 0 Å². The van der Waals surface area contributed by atoms with Gasteiger partial charge in [0.25, 0.3) is 5.69 Å². The van der Waals surface area contributed by atoms with Gasteiger partial charge in [-0.3, -0.25) is 15.0 Å². The van der Waals surface area contributed by atoms with Crippen molar-refractivity contribution in [3.05, 3.63) is 58.6 Å². The van der Waals surface area contributed by atoms with E-state index in [4.69, 9.17) is 4.74 Å². The van der Waals surface area contributed by atoms with E-state index in [0.29, 0.717) is 24.6 Å². The summed E-state index contributed by atoms with van der Waals surface area (Å²) in [6.07, 6.45) is -1.02. The first-order chi connectivity index (χ1) is 12.7. The highest BCUT2D eigenvalue weighted by Crippen LogP contribution is 2.26. The van der Waals surface area contributed by atoms with E-state index in [1.165, 1.54) is 17.0 Å². The van der Waals surface area contributed by atoms with Crippen molar-refractivity contribution in [2.24, 2.45) is 0 Å². The Morgan fingerprint density at radius 3 is 2.56 bits per heavy atom. The fraction of sp³-hybridized carbons (Fsp3) is 0.316. The van der Waals surface area contributed by atoms with Gasteiger partial charge in [0.05, 0.1) is 11.0 Å². The Balaban J connectivity index is 1.96. The van der Waals surface area contributed by atoms with E-state index >= 15 is 0 Å². The molecule has 1 amide bonds. The first kappa shape index (κ1) is 20.0. The molecule has 0 atom stereocenters. The van der Waals surface area contributed by atoms with Gasteiger partial charge in [0.1, 0.15) is 12.4 Å². The molecule has 0 spiro atoms. The van der Waals surface area contributed by atoms with Crippen molar-refractivity contribution >= 4 is 23.2 Å². The van der Waals surface area contributed by atoms with Gasteiger partial charge in [-0.15, -0.1) is 0 Å². The van der Waals surface area contributed by atoms with Crippen molar-refractivity contribution < 1.29 is 19.6 Å². The molecule has 0 radical (unpaired) electrons. The van der Waals surface area contributed by atoms with Crippen LogP contribution in [0.1, 0.15) is 20.8 Å². The quantitative estimate of drug-likeness (QED) is 0.424. The maximum atomic E-state index is 11.6. The first-order valence-corrected chi connectivity index (χ1v) is 8.43. The van der Waals surface area contributed by atoms with E-state index in [1.54, 1.807) is 30.3 Å². The number of nitrogens with zero attached hydrogens (tertiary/aromatic N) is 2. The molecule has 0 aliphatic rings. The van der Waals surface area contributed by atoms with Gasteiger partial charge in [-0.25, -0.2) is 4.79 Å². The lowest BCUT2D eigenvalue weighted by atomic mass is 10.1. The first-order valence-electron chi connectivity index (χ1n) is 8.43. The Morgan fingerprint density at radius 1 is 1.22 bits per heavy atom. The normalized spacial score (nSPS) is 10.9. The predicted molar refractivity (Wildman–Crippen MR) is 104 cm³/mol. The standard InChI is InChI=1S/C19H23N3O5/c1-19(2,3)21(18(23)24)15-7-4-6-14(12-15)20-10-11-27-17-9-5-8-16(13-17)22(25)26/h4-9,12-13,20H,10-11H2,1-3H3,(H,23,24). The molecule has 0 bridgehead atoms. The summed E-state index contributed by atoms with van der Waals surface area (Å²) in [4.78, 5) is 23.2. The number of carboxylic acid groups (broad SMARTS) is 1. The van der Waals surface area contributed by atoms with E-state index in [0.717, 1.165) is 5.69 Å². The van der Waals surface area contributed by atoms with Gasteiger partial charge in [-0.2, -0.15) is 0 Å². The summed E-state index contributed by atoms with van der Waals surface area (Å²) in [7, 11) is 0. The average molecular weight is 373 g/mol. The lowest BCUT2D eigenvalue weighted by Gasteiger charge is -2.33. The summed E-state index contributed by atoms with van der Waals surface area (Å²) in [5.74, 6) is 0.421. The molecule has 0 aliphatic heterocycles. The number of rotatable bonds is 7. The van der Waals surface area contributed by atoms with Crippen molar-refractivity contribution in [3.8, 4) is 5.75 Å². The van der Waals surface area contributed by atoms with Crippen molar-refractivity contribution in [2.75, 3.05) is 23.4 Å². The molecule has 2 aromatic rings. The third kappa shape index (κ3) is 5.60. The largest absolute Gasteiger partial charge is 0.491 e. The zero-order chi connectivity index (χ0) is 20.0. The minimum Gasteiger partial charge on any atom is -0.491 e. The van der Waals surface area contributed by atoms with Crippen molar-refractivity contribution in [1.82, 2.24) is 0 Å². The molecule has 27 heavy (non-hydrogen) atoms. The summed E-state index contributed by atoms with van der Waals surface area (Å²) < 4.78 is 5.52. The molecule has 2 aromatic carbocycles. The average Bonchev–Trinajstić information content (AvgIpc) is 2.58. The van der Waals surface area contributed by atoms with Crippen LogP contribution >= 0.6 is 0 Å². The number of amides is 1. The van der Waals surface area contributed by atoms with Crippen LogP contribution in [0, 0.1) is 10.1 Å². The van der Waals surface area contributed by atoms with E-state index in [1.807, 2.05) is 26.8 Å². The molecule has 8 nitrogen and oxygen atoms in total. The fourth-order valence-electron chi connectivity index (χ4n) is 2.59. The van der Waals surface area contributed by atoms with Crippen LogP contribution in [0.2, 0.25) is 0 Å². The monoisotopic (exact) mass is 373 g/mol. The zero-order valence-corrected chi connectivity index (χ0v) is 15.5. The van der Waals surface area contributed by atoms with Crippen LogP contribution in [-0.2, 0) is 0 Å². The number of ether oxygens (including phenoxy) is 1. The molecule has 2 N–H and O–H groups in total. The maximum Gasteiger partial charge on any atom is 0.412 e. The SMILES string of the molecule is CC(C)(C)N(C(=O)O)c1cccc(NCCOc2cccc([N+](=O)[O-])c2)c1. The molecule has 0 saturated heterocycles. The molecule has 0 fully saturated rings. The van der Waals surface area contributed by atoms with Crippen molar-refractivity contribution in [2.45, 2.75) is 26.3 Å². The van der Waals surface area contributed by atoms with Gasteiger partial charge in [0.15, 0.2) is 0 Å². The topological polar surface area (TPSA) is 105 Å². The van der Waals surface area contributed by atoms with Gasteiger partial charge >= 0.3 is 6.09 Å². The summed E-state index contributed by atoms with van der Waals surface area (Å²) in [5, 5.41) is 23.4. The highest BCUT2D eigenvalue weighted by Gasteiger charge is 2.27. The van der Waals surface area contributed by atoms with Gasteiger partial charge < -0.3 is 15.2 Å². The number of nitrogens with one attached hydrogen (secondary N) is 1. The van der Waals surface area contributed by atoms with Gasteiger partial charge in [-0.1, -0.05) is 12.1 Å². The van der Waals surface area contributed by atoms with E-state index in [9.17, 15) is 20.0 Å². The number of hydrogen-bond donors (Lipinski definition) is 2. The smallest absolute Gasteiger partial charge is 0.412 e. The second kappa shape index (κ2) is 8.39. The Hall–Kier alpha value is -3.29. The second-order valence-corrected chi connectivity index (χ2v) is 6.87. The van der Waals surface area contributed by atoms with Gasteiger partial charge in [0.2, 0.25) is 0 Å². The summed E-state index contributed by atoms with van der Waals surface area (Å²) in [5.41, 5.74) is 0.727. The number of benzene rings is 2. The Morgan fingerprint density at radius 2 is 1.93 bits per heavy atom.